The Morgan fingerprint density at radius 3 is 1.97 bits per heavy atom. The normalized spacial score (nSPS) is 43.3. The monoisotopic (exact) mass is 416 g/mol. The summed E-state index contributed by atoms with van der Waals surface area (Å²) in [5.74, 6) is 0. The van der Waals surface area contributed by atoms with Crippen molar-refractivity contribution in [3.05, 3.63) is 35.9 Å². The third kappa shape index (κ3) is 5.12. The molecule has 2 aliphatic heterocycles. The Balaban J connectivity index is 1.58. The Kier molecular flexibility index (Phi) is 7.57. The minimum atomic E-state index is -1.54. The van der Waals surface area contributed by atoms with Gasteiger partial charge in [0.1, 0.15) is 42.7 Å². The largest absolute Gasteiger partial charge is 0.388 e. The lowest BCUT2D eigenvalue weighted by molar-refractivity contribution is -0.329. The highest BCUT2D eigenvalue weighted by atomic mass is 16.7. The maximum absolute atomic E-state index is 10.2. The zero-order chi connectivity index (χ0) is 21.1. The van der Waals surface area contributed by atoms with E-state index in [0.29, 0.717) is 0 Å². The van der Waals surface area contributed by atoms with Crippen LogP contribution < -0.4 is 0 Å². The second-order valence-electron chi connectivity index (χ2n) is 7.33. The van der Waals surface area contributed by atoms with Gasteiger partial charge in [-0.3, -0.25) is 0 Å². The molecule has 2 heterocycles. The summed E-state index contributed by atoms with van der Waals surface area (Å²) in [7, 11) is 0. The fourth-order valence-electron chi connectivity index (χ4n) is 3.29. The number of rotatable bonds is 6. The molecule has 10 heteroatoms. The Morgan fingerprint density at radius 2 is 1.31 bits per heavy atom. The first kappa shape index (κ1) is 22.5. The average Bonchev–Trinajstić information content (AvgIpc) is 2.73. The fourth-order valence-corrected chi connectivity index (χ4v) is 3.29. The van der Waals surface area contributed by atoms with E-state index in [1.54, 1.807) is 0 Å². The molecular weight excluding hydrogens is 388 g/mol. The van der Waals surface area contributed by atoms with Crippen LogP contribution in [0.1, 0.15) is 12.5 Å². The van der Waals surface area contributed by atoms with Gasteiger partial charge in [-0.15, -0.1) is 0 Å². The number of hydrogen-bond acceptors (Lipinski definition) is 10. The summed E-state index contributed by atoms with van der Waals surface area (Å²) in [6, 6.07) is 9.15. The topological polar surface area (TPSA) is 158 Å². The minimum absolute atomic E-state index is 0.116. The fraction of sp³-hybridized carbons (Fsp3) is 0.684. The molecule has 0 saturated carbocycles. The highest BCUT2D eigenvalue weighted by molar-refractivity contribution is 5.13. The van der Waals surface area contributed by atoms with Crippen LogP contribution in [-0.4, -0.2) is 98.7 Å². The molecule has 1 aromatic rings. The van der Waals surface area contributed by atoms with Gasteiger partial charge in [0.25, 0.3) is 0 Å². The molecule has 10 nitrogen and oxygen atoms in total. The first-order chi connectivity index (χ1) is 13.8. The Bertz CT molecular complexity index is 631. The summed E-state index contributed by atoms with van der Waals surface area (Å²) in [4.78, 5) is 0. The number of aliphatic hydroxyl groups excluding tert-OH is 6. The van der Waals surface area contributed by atoms with Crippen LogP contribution in [0.2, 0.25) is 0 Å². The molecule has 3 rings (SSSR count). The zero-order valence-corrected chi connectivity index (χ0v) is 15.9. The molecule has 29 heavy (non-hydrogen) atoms. The van der Waals surface area contributed by atoms with Gasteiger partial charge in [0.15, 0.2) is 12.6 Å². The highest BCUT2D eigenvalue weighted by Gasteiger charge is 2.46. The van der Waals surface area contributed by atoms with E-state index in [9.17, 15) is 30.6 Å². The van der Waals surface area contributed by atoms with Crippen molar-refractivity contribution in [3.8, 4) is 0 Å². The van der Waals surface area contributed by atoms with Crippen molar-refractivity contribution in [2.24, 2.45) is 0 Å². The molecular formula is C19H28O10. The zero-order valence-electron chi connectivity index (χ0n) is 15.9. The molecule has 0 spiro atoms. The van der Waals surface area contributed by atoms with E-state index < -0.39 is 61.4 Å². The van der Waals surface area contributed by atoms with Gasteiger partial charge in [-0.2, -0.15) is 0 Å². The Morgan fingerprint density at radius 1 is 0.724 bits per heavy atom. The molecule has 2 saturated heterocycles. The van der Waals surface area contributed by atoms with Gasteiger partial charge in [0.2, 0.25) is 0 Å². The summed E-state index contributed by atoms with van der Waals surface area (Å²) in [6.07, 6.45) is -13.1. The van der Waals surface area contributed by atoms with Gasteiger partial charge in [-0.1, -0.05) is 30.3 Å². The number of ether oxygens (including phenoxy) is 4. The Hall–Kier alpha value is -1.18. The Labute approximate surface area is 167 Å². The van der Waals surface area contributed by atoms with Crippen molar-refractivity contribution in [1.29, 1.82) is 0 Å². The molecule has 1 aromatic carbocycles. The molecule has 164 valence electrons. The van der Waals surface area contributed by atoms with E-state index in [4.69, 9.17) is 18.9 Å². The minimum Gasteiger partial charge on any atom is -0.388 e. The van der Waals surface area contributed by atoms with Crippen LogP contribution >= 0.6 is 0 Å². The molecule has 0 radical (unpaired) electrons. The predicted molar refractivity (Wildman–Crippen MR) is 96.2 cm³/mol. The van der Waals surface area contributed by atoms with Gasteiger partial charge in [-0.05, 0) is 12.5 Å². The first-order valence-corrected chi connectivity index (χ1v) is 9.46. The van der Waals surface area contributed by atoms with Gasteiger partial charge in [0.05, 0.1) is 19.3 Å². The summed E-state index contributed by atoms with van der Waals surface area (Å²) >= 11 is 0. The predicted octanol–water partition coefficient (Wildman–Crippen LogP) is -2.15. The number of hydrogen-bond donors (Lipinski definition) is 6. The lowest BCUT2D eigenvalue weighted by Gasteiger charge is -2.42. The molecule has 0 aliphatic carbocycles. The van der Waals surface area contributed by atoms with Crippen LogP contribution in [0.4, 0.5) is 0 Å². The van der Waals surface area contributed by atoms with E-state index in [0.717, 1.165) is 5.56 Å². The van der Waals surface area contributed by atoms with Crippen molar-refractivity contribution < 1.29 is 49.6 Å². The third-order valence-corrected chi connectivity index (χ3v) is 5.16. The van der Waals surface area contributed by atoms with Crippen LogP contribution in [0.5, 0.6) is 0 Å². The van der Waals surface area contributed by atoms with E-state index in [1.807, 2.05) is 30.3 Å². The van der Waals surface area contributed by atoms with E-state index >= 15 is 0 Å². The lowest BCUT2D eigenvalue weighted by atomic mass is 9.98. The van der Waals surface area contributed by atoms with Crippen molar-refractivity contribution in [3.63, 3.8) is 0 Å². The number of benzene rings is 1. The van der Waals surface area contributed by atoms with Gasteiger partial charge in [0, 0.05) is 0 Å². The molecule has 2 fully saturated rings. The second kappa shape index (κ2) is 9.75. The van der Waals surface area contributed by atoms with Gasteiger partial charge in [-0.25, -0.2) is 0 Å². The summed E-state index contributed by atoms with van der Waals surface area (Å²) in [6.45, 7) is 1.30. The maximum atomic E-state index is 10.2. The quantitative estimate of drug-likeness (QED) is 0.302. The van der Waals surface area contributed by atoms with Crippen LogP contribution in [0.25, 0.3) is 0 Å². The van der Waals surface area contributed by atoms with Crippen LogP contribution in [0.3, 0.4) is 0 Å². The van der Waals surface area contributed by atoms with Crippen molar-refractivity contribution in [1.82, 2.24) is 0 Å². The van der Waals surface area contributed by atoms with Gasteiger partial charge < -0.3 is 49.6 Å². The first-order valence-electron chi connectivity index (χ1n) is 9.46. The summed E-state index contributed by atoms with van der Waals surface area (Å²) in [5.41, 5.74) is 0.831. The molecule has 0 bridgehead atoms. The molecule has 0 aromatic heterocycles. The van der Waals surface area contributed by atoms with Crippen molar-refractivity contribution in [2.75, 3.05) is 6.61 Å². The van der Waals surface area contributed by atoms with Gasteiger partial charge >= 0.3 is 0 Å². The van der Waals surface area contributed by atoms with Crippen molar-refractivity contribution >= 4 is 0 Å². The maximum Gasteiger partial charge on any atom is 0.187 e. The smallest absolute Gasteiger partial charge is 0.187 e. The molecule has 0 amide bonds. The molecule has 6 N–H and O–H groups in total. The third-order valence-electron chi connectivity index (χ3n) is 5.16. The van der Waals surface area contributed by atoms with Crippen molar-refractivity contribution in [2.45, 2.75) is 74.9 Å². The van der Waals surface area contributed by atoms with E-state index in [-0.39, 0.29) is 13.2 Å². The van der Waals surface area contributed by atoms with Crippen LogP contribution in [0, 0.1) is 0 Å². The van der Waals surface area contributed by atoms with Crippen LogP contribution in [-0.2, 0) is 25.6 Å². The second-order valence-corrected chi connectivity index (χ2v) is 7.33. The van der Waals surface area contributed by atoms with E-state index in [1.165, 1.54) is 6.92 Å². The standard InChI is InChI=1S/C19H28O10/c1-9-12(20)14(22)16(24)18(28-9)27-8-11-13(21)15(23)17(25)19(29-11)26-7-10-5-3-2-4-6-10/h2-6,9,11-25H,7-8H2,1H3/t9-,11+,12-,13+,14+,15-,16+,17+,18+,19+/m0/s1. The highest BCUT2D eigenvalue weighted by Crippen LogP contribution is 2.26. The number of aliphatic hydroxyl groups is 6. The average molecular weight is 416 g/mol. The SMILES string of the molecule is C[C@@H]1O[C@@H](OC[C@H]2O[C@@H](OCc3ccccc3)[C@H](O)[C@@H](O)[C@@H]2O)[C@H](O)[C@H](O)[C@H]1O. The molecule has 10 atom stereocenters. The van der Waals surface area contributed by atoms with Crippen LogP contribution in [0.15, 0.2) is 30.3 Å². The van der Waals surface area contributed by atoms with E-state index in [2.05, 4.69) is 0 Å². The lowest BCUT2D eigenvalue weighted by Crippen LogP contribution is -2.61. The summed E-state index contributed by atoms with van der Waals surface area (Å²) < 4.78 is 21.8. The molecule has 2 aliphatic rings. The molecule has 0 unspecified atom stereocenters. The summed E-state index contributed by atoms with van der Waals surface area (Å²) in [5, 5.41) is 60.0.